The fourth-order valence-corrected chi connectivity index (χ4v) is 3.77. The van der Waals surface area contributed by atoms with E-state index in [9.17, 15) is 9.59 Å². The van der Waals surface area contributed by atoms with Crippen molar-refractivity contribution in [1.29, 1.82) is 0 Å². The molecule has 4 rings (SSSR count). The van der Waals surface area contributed by atoms with Crippen molar-refractivity contribution in [2.45, 2.75) is 18.9 Å². The number of rotatable bonds is 4. The van der Waals surface area contributed by atoms with Gasteiger partial charge in [0.1, 0.15) is 0 Å². The molecule has 0 bridgehead atoms. The quantitative estimate of drug-likeness (QED) is 0.472. The highest BCUT2D eigenvalue weighted by Gasteiger charge is 2.21. The molecular formula is C23H23N3O3. The maximum atomic E-state index is 12.7. The Morgan fingerprint density at radius 1 is 0.828 bits per heavy atom. The molecule has 1 heterocycles. The Morgan fingerprint density at radius 3 is 2.17 bits per heavy atom. The molecule has 6 heteroatoms. The fourth-order valence-electron chi connectivity index (χ4n) is 3.77. The number of hydroxylamine groups is 1. The highest BCUT2D eigenvalue weighted by molar-refractivity contribution is 5.98. The number of hydrogen-bond acceptors (Lipinski definition) is 4. The van der Waals surface area contributed by atoms with E-state index in [-0.39, 0.29) is 11.9 Å². The highest BCUT2D eigenvalue weighted by Crippen LogP contribution is 2.21. The molecular weight excluding hydrogens is 366 g/mol. The molecule has 0 radical (unpaired) electrons. The van der Waals surface area contributed by atoms with E-state index in [1.54, 1.807) is 17.6 Å². The van der Waals surface area contributed by atoms with Gasteiger partial charge >= 0.3 is 0 Å². The summed E-state index contributed by atoms with van der Waals surface area (Å²) >= 11 is 0. The van der Waals surface area contributed by atoms with Gasteiger partial charge in [0.05, 0.1) is 0 Å². The van der Waals surface area contributed by atoms with Crippen molar-refractivity contribution in [3.8, 4) is 0 Å². The van der Waals surface area contributed by atoms with Crippen LogP contribution in [0.1, 0.15) is 33.6 Å². The molecule has 0 atom stereocenters. The molecule has 0 unspecified atom stereocenters. The summed E-state index contributed by atoms with van der Waals surface area (Å²) in [5.74, 6) is -0.555. The molecule has 3 aromatic carbocycles. The third kappa shape index (κ3) is 4.22. The van der Waals surface area contributed by atoms with E-state index >= 15 is 0 Å². The largest absolute Gasteiger partial charge is 0.371 e. The molecule has 1 saturated heterocycles. The average molecular weight is 389 g/mol. The zero-order chi connectivity index (χ0) is 20.2. The van der Waals surface area contributed by atoms with Crippen LogP contribution >= 0.6 is 0 Å². The number of fused-ring (bicyclic) bond motifs is 1. The lowest BCUT2D eigenvalue weighted by Gasteiger charge is -2.34. The topological polar surface area (TPSA) is 81.7 Å². The molecule has 0 aromatic heterocycles. The first-order chi connectivity index (χ1) is 14.1. The number of carbonyl (C=O) groups is 2. The van der Waals surface area contributed by atoms with Gasteiger partial charge in [0.15, 0.2) is 0 Å². The predicted octanol–water partition coefficient (Wildman–Crippen LogP) is 3.36. The molecule has 1 aliphatic rings. The van der Waals surface area contributed by atoms with Crippen molar-refractivity contribution < 1.29 is 14.8 Å². The zero-order valence-corrected chi connectivity index (χ0v) is 16.0. The minimum atomic E-state index is -0.522. The summed E-state index contributed by atoms with van der Waals surface area (Å²) in [6, 6.07) is 21.1. The Kier molecular flexibility index (Phi) is 5.44. The number of amides is 2. The summed E-state index contributed by atoms with van der Waals surface area (Å²) in [4.78, 5) is 26.3. The molecule has 2 amide bonds. The normalized spacial score (nSPS) is 14.6. The Bertz CT molecular complexity index is 1020. The van der Waals surface area contributed by atoms with Gasteiger partial charge in [0.2, 0.25) is 0 Å². The lowest BCUT2D eigenvalue weighted by Crippen LogP contribution is -2.44. The molecule has 1 fully saturated rings. The maximum Gasteiger partial charge on any atom is 0.274 e. The number of benzene rings is 3. The van der Waals surface area contributed by atoms with Crippen molar-refractivity contribution in [2.75, 3.05) is 18.0 Å². The Morgan fingerprint density at radius 2 is 1.48 bits per heavy atom. The summed E-state index contributed by atoms with van der Waals surface area (Å²) in [5.41, 5.74) is 3.76. The van der Waals surface area contributed by atoms with Crippen molar-refractivity contribution >= 4 is 28.3 Å². The van der Waals surface area contributed by atoms with E-state index < -0.39 is 5.91 Å². The van der Waals surface area contributed by atoms with Gasteiger partial charge in [0, 0.05) is 35.9 Å². The lowest BCUT2D eigenvalue weighted by molar-refractivity contribution is 0.0706. The predicted molar refractivity (Wildman–Crippen MR) is 112 cm³/mol. The molecule has 6 nitrogen and oxygen atoms in total. The van der Waals surface area contributed by atoms with Crippen LogP contribution in [0.3, 0.4) is 0 Å². The molecule has 1 aliphatic heterocycles. The van der Waals surface area contributed by atoms with E-state index in [1.807, 2.05) is 54.6 Å². The minimum absolute atomic E-state index is 0.0337. The summed E-state index contributed by atoms with van der Waals surface area (Å²) in [5, 5.41) is 14.0. The first-order valence-electron chi connectivity index (χ1n) is 9.73. The van der Waals surface area contributed by atoms with Crippen LogP contribution in [-0.4, -0.2) is 36.2 Å². The van der Waals surface area contributed by atoms with Gasteiger partial charge in [-0.3, -0.25) is 14.8 Å². The van der Waals surface area contributed by atoms with Crippen molar-refractivity contribution in [3.05, 3.63) is 77.9 Å². The molecule has 148 valence electrons. The van der Waals surface area contributed by atoms with Gasteiger partial charge in [-0.15, -0.1) is 0 Å². The van der Waals surface area contributed by atoms with Crippen LogP contribution in [0.5, 0.6) is 0 Å². The van der Waals surface area contributed by atoms with Crippen molar-refractivity contribution in [1.82, 2.24) is 10.8 Å². The Hall–Kier alpha value is -3.38. The fraction of sp³-hybridized carbons (Fsp3) is 0.217. The van der Waals surface area contributed by atoms with E-state index in [2.05, 4.69) is 10.2 Å². The number of hydrogen-bond donors (Lipinski definition) is 3. The van der Waals surface area contributed by atoms with Gasteiger partial charge < -0.3 is 10.2 Å². The average Bonchev–Trinajstić information content (AvgIpc) is 2.79. The second-order valence-electron chi connectivity index (χ2n) is 7.28. The monoisotopic (exact) mass is 389 g/mol. The van der Waals surface area contributed by atoms with E-state index in [1.165, 1.54) is 0 Å². The van der Waals surface area contributed by atoms with Crippen molar-refractivity contribution in [3.63, 3.8) is 0 Å². The van der Waals surface area contributed by atoms with Gasteiger partial charge in [-0.25, -0.2) is 5.48 Å². The SMILES string of the molecule is O=C(NO)c1ccc(N2CCC(NC(=O)c3ccc4ccccc4c3)CC2)cc1. The first-order valence-corrected chi connectivity index (χ1v) is 9.73. The molecule has 0 aliphatic carbocycles. The van der Waals surface area contributed by atoms with E-state index in [4.69, 9.17) is 5.21 Å². The number of piperidine rings is 1. The zero-order valence-electron chi connectivity index (χ0n) is 16.0. The summed E-state index contributed by atoms with van der Waals surface area (Å²) in [6.45, 7) is 1.66. The first kappa shape index (κ1) is 19.0. The Balaban J connectivity index is 1.34. The molecule has 0 saturated carbocycles. The number of carbonyl (C=O) groups excluding carboxylic acids is 2. The lowest BCUT2D eigenvalue weighted by atomic mass is 10.0. The number of nitrogens with one attached hydrogen (secondary N) is 2. The van der Waals surface area contributed by atoms with E-state index in [0.29, 0.717) is 11.1 Å². The van der Waals surface area contributed by atoms with Crippen LogP contribution in [0, 0.1) is 0 Å². The van der Waals surface area contributed by atoms with Crippen LogP contribution in [0.4, 0.5) is 5.69 Å². The Labute approximate surface area is 169 Å². The highest BCUT2D eigenvalue weighted by atomic mass is 16.5. The standard InChI is InChI=1S/C23H23N3O3/c27-22(19-6-5-16-3-1-2-4-18(16)15-19)24-20-11-13-26(14-12-20)21-9-7-17(8-10-21)23(28)25-29/h1-10,15,20,29H,11-14H2,(H,24,27)(H,25,28). The maximum absolute atomic E-state index is 12.7. The second kappa shape index (κ2) is 8.32. The number of nitrogens with zero attached hydrogens (tertiary/aromatic N) is 1. The third-order valence-corrected chi connectivity index (χ3v) is 5.44. The van der Waals surface area contributed by atoms with Crippen molar-refractivity contribution in [2.24, 2.45) is 0 Å². The van der Waals surface area contributed by atoms with Gasteiger partial charge in [-0.05, 0) is 60.0 Å². The smallest absolute Gasteiger partial charge is 0.274 e. The summed E-state index contributed by atoms with van der Waals surface area (Å²) < 4.78 is 0. The van der Waals surface area contributed by atoms with Crippen LogP contribution in [0.25, 0.3) is 10.8 Å². The minimum Gasteiger partial charge on any atom is -0.371 e. The van der Waals surface area contributed by atoms with Crippen LogP contribution in [-0.2, 0) is 0 Å². The van der Waals surface area contributed by atoms with Gasteiger partial charge in [-0.2, -0.15) is 0 Å². The summed E-state index contributed by atoms with van der Waals surface area (Å²) in [6.07, 6.45) is 1.72. The van der Waals surface area contributed by atoms with E-state index in [0.717, 1.165) is 42.4 Å². The molecule has 3 aromatic rings. The summed E-state index contributed by atoms with van der Waals surface area (Å²) in [7, 11) is 0. The van der Waals surface area contributed by atoms with Gasteiger partial charge in [-0.1, -0.05) is 30.3 Å². The molecule has 0 spiro atoms. The van der Waals surface area contributed by atoms with Crippen LogP contribution in [0.2, 0.25) is 0 Å². The number of anilines is 1. The van der Waals surface area contributed by atoms with Crippen LogP contribution in [0.15, 0.2) is 66.7 Å². The molecule has 29 heavy (non-hydrogen) atoms. The van der Waals surface area contributed by atoms with Crippen LogP contribution < -0.4 is 15.7 Å². The third-order valence-electron chi connectivity index (χ3n) is 5.44. The second-order valence-corrected chi connectivity index (χ2v) is 7.28. The molecule has 3 N–H and O–H groups in total. The van der Waals surface area contributed by atoms with Gasteiger partial charge in [0.25, 0.3) is 11.8 Å².